The van der Waals surface area contributed by atoms with Crippen LogP contribution in [0.5, 0.6) is 0 Å². The maximum Gasteiger partial charge on any atom is 0.220 e. The number of hydrogen-bond donors (Lipinski definition) is 6. The van der Waals surface area contributed by atoms with Crippen LogP contribution >= 0.6 is 0 Å². The van der Waals surface area contributed by atoms with Crippen molar-refractivity contribution < 1.29 is 39.8 Å². The number of amides is 1. The van der Waals surface area contributed by atoms with Gasteiger partial charge in [-0.25, -0.2) is 0 Å². The van der Waals surface area contributed by atoms with Gasteiger partial charge in [-0.2, -0.15) is 0 Å². The number of nitrogens with one attached hydrogen (secondary N) is 1. The Bertz CT molecular complexity index is 1150. The first-order valence-corrected chi connectivity index (χ1v) is 30.6. The Hall–Kier alpha value is -1.33. The van der Waals surface area contributed by atoms with Crippen molar-refractivity contribution in [2.45, 2.75) is 346 Å². The summed E-state index contributed by atoms with van der Waals surface area (Å²) in [7, 11) is 0. The first-order valence-electron chi connectivity index (χ1n) is 30.6. The summed E-state index contributed by atoms with van der Waals surface area (Å²) in [4.78, 5) is 13.1. The fourth-order valence-electron chi connectivity index (χ4n) is 9.92. The quantitative estimate of drug-likeness (QED) is 0.0261. The van der Waals surface area contributed by atoms with Crippen LogP contribution in [0.15, 0.2) is 24.3 Å². The molecule has 0 aromatic carbocycles. The molecule has 1 heterocycles. The molecule has 7 unspecified atom stereocenters. The molecule has 0 aromatic rings. The average Bonchev–Trinajstić information content (AvgIpc) is 3.36. The number of ether oxygens (including phenoxy) is 2. The summed E-state index contributed by atoms with van der Waals surface area (Å²) < 4.78 is 11.3. The van der Waals surface area contributed by atoms with Crippen LogP contribution in [0.1, 0.15) is 303 Å². The van der Waals surface area contributed by atoms with Gasteiger partial charge in [-0.3, -0.25) is 4.79 Å². The third kappa shape index (κ3) is 40.1. The normalized spacial score (nSPS) is 19.4. The minimum atomic E-state index is -1.57. The first kappa shape index (κ1) is 66.7. The summed E-state index contributed by atoms with van der Waals surface area (Å²) in [6.45, 7) is 3.82. The standard InChI is InChI=1S/C61H117NO8/c1-3-5-7-9-11-13-15-17-19-21-23-25-26-27-28-29-31-32-34-36-38-40-42-44-46-48-50-55(64)54(53-69-61-60(68)59(67)58(66)56(52-63)70-61)62-57(65)51-49-47-45-43-41-39-37-35-33-30-24-22-20-18-16-14-12-10-8-6-4-2/h22,24,48,50,54-56,58-61,63-64,66-68H,3-21,23,25-47,49,51-53H2,1-2H3,(H,62,65)/b24-22-,50-48+. The van der Waals surface area contributed by atoms with Gasteiger partial charge >= 0.3 is 0 Å². The van der Waals surface area contributed by atoms with Gasteiger partial charge in [-0.15, -0.1) is 0 Å². The second-order valence-corrected chi connectivity index (χ2v) is 21.5. The fraction of sp³-hybridized carbons (Fsp3) is 0.918. The SMILES string of the molecule is CCCCCCCCCC/C=C\CCCCCCCCCCCC(=O)NC(COC1OC(CO)C(O)C(O)C1O)C(O)/C=C/CCCCCCCCCCCCCCCCCCCCCCCCCC. The van der Waals surface area contributed by atoms with Gasteiger partial charge in [0.2, 0.25) is 5.91 Å². The molecule has 0 radical (unpaired) electrons. The third-order valence-corrected chi connectivity index (χ3v) is 14.8. The van der Waals surface area contributed by atoms with Gasteiger partial charge in [-0.05, 0) is 44.9 Å². The lowest BCUT2D eigenvalue weighted by atomic mass is 9.99. The minimum absolute atomic E-state index is 0.174. The minimum Gasteiger partial charge on any atom is -0.394 e. The van der Waals surface area contributed by atoms with Crippen LogP contribution in [0.2, 0.25) is 0 Å². The molecule has 0 aliphatic carbocycles. The molecule has 1 amide bonds. The summed E-state index contributed by atoms with van der Waals surface area (Å²) in [5.74, 6) is -0.174. The number of carbonyl (C=O) groups excluding carboxylic acids is 1. The lowest BCUT2D eigenvalue weighted by Crippen LogP contribution is -2.60. The molecule has 1 aliphatic rings. The van der Waals surface area contributed by atoms with Gasteiger partial charge in [0.1, 0.15) is 24.4 Å². The monoisotopic (exact) mass is 992 g/mol. The molecular formula is C61H117NO8. The molecule has 0 aromatic heterocycles. The number of unbranched alkanes of at least 4 members (excludes halogenated alkanes) is 41. The van der Waals surface area contributed by atoms with E-state index in [0.29, 0.717) is 6.42 Å². The maximum absolute atomic E-state index is 13.1. The van der Waals surface area contributed by atoms with E-state index in [-0.39, 0.29) is 12.5 Å². The molecule has 1 fully saturated rings. The van der Waals surface area contributed by atoms with E-state index in [1.54, 1.807) is 6.08 Å². The highest BCUT2D eigenvalue weighted by atomic mass is 16.7. The largest absolute Gasteiger partial charge is 0.394 e. The Balaban J connectivity index is 2.20. The van der Waals surface area contributed by atoms with Crippen molar-refractivity contribution in [3.05, 3.63) is 24.3 Å². The summed E-state index contributed by atoms with van der Waals surface area (Å²) in [6.07, 6.45) is 58.2. The van der Waals surface area contributed by atoms with E-state index in [9.17, 15) is 30.3 Å². The molecule has 0 spiro atoms. The zero-order chi connectivity index (χ0) is 50.8. The van der Waals surface area contributed by atoms with Crippen LogP contribution in [-0.2, 0) is 14.3 Å². The van der Waals surface area contributed by atoms with Crippen LogP contribution in [0.3, 0.4) is 0 Å². The lowest BCUT2D eigenvalue weighted by Gasteiger charge is -2.40. The Labute approximate surface area is 432 Å². The molecule has 0 bridgehead atoms. The van der Waals surface area contributed by atoms with E-state index in [1.807, 2.05) is 6.08 Å². The molecule has 1 rings (SSSR count). The van der Waals surface area contributed by atoms with Gasteiger partial charge in [0.05, 0.1) is 25.4 Å². The van der Waals surface area contributed by atoms with Crippen molar-refractivity contribution in [3.63, 3.8) is 0 Å². The van der Waals surface area contributed by atoms with Crippen molar-refractivity contribution >= 4 is 5.91 Å². The highest BCUT2D eigenvalue weighted by Gasteiger charge is 2.44. The Morgan fingerprint density at radius 2 is 0.800 bits per heavy atom. The Morgan fingerprint density at radius 1 is 0.471 bits per heavy atom. The van der Waals surface area contributed by atoms with Crippen LogP contribution in [-0.4, -0.2) is 87.5 Å². The summed E-state index contributed by atoms with van der Waals surface area (Å²) in [6, 6.07) is -0.805. The zero-order valence-corrected chi connectivity index (χ0v) is 46.0. The third-order valence-electron chi connectivity index (χ3n) is 14.8. The van der Waals surface area contributed by atoms with E-state index in [2.05, 4.69) is 31.3 Å². The molecule has 6 N–H and O–H groups in total. The van der Waals surface area contributed by atoms with Gasteiger partial charge in [0.25, 0.3) is 0 Å². The number of aliphatic hydroxyl groups is 5. The van der Waals surface area contributed by atoms with Gasteiger partial charge in [-0.1, -0.05) is 276 Å². The van der Waals surface area contributed by atoms with Gasteiger partial charge in [0.15, 0.2) is 6.29 Å². The number of rotatable bonds is 53. The average molecular weight is 993 g/mol. The molecule has 9 heteroatoms. The molecular weight excluding hydrogens is 875 g/mol. The van der Waals surface area contributed by atoms with Crippen molar-refractivity contribution in [3.8, 4) is 0 Å². The summed E-state index contributed by atoms with van der Waals surface area (Å²) in [5, 5.41) is 54.6. The van der Waals surface area contributed by atoms with Crippen LogP contribution < -0.4 is 5.32 Å². The maximum atomic E-state index is 13.1. The van der Waals surface area contributed by atoms with Crippen LogP contribution in [0.25, 0.3) is 0 Å². The van der Waals surface area contributed by atoms with Crippen molar-refractivity contribution in [1.82, 2.24) is 5.32 Å². The van der Waals surface area contributed by atoms with Crippen LogP contribution in [0.4, 0.5) is 0 Å². The summed E-state index contributed by atoms with van der Waals surface area (Å²) in [5.41, 5.74) is 0. The first-order chi connectivity index (χ1) is 34.3. The van der Waals surface area contributed by atoms with E-state index in [0.717, 1.165) is 38.5 Å². The smallest absolute Gasteiger partial charge is 0.220 e. The van der Waals surface area contributed by atoms with E-state index < -0.39 is 49.5 Å². The topological polar surface area (TPSA) is 149 Å². The van der Waals surface area contributed by atoms with Gasteiger partial charge in [0, 0.05) is 6.42 Å². The zero-order valence-electron chi connectivity index (χ0n) is 46.0. The Morgan fingerprint density at radius 3 is 1.16 bits per heavy atom. The van der Waals surface area contributed by atoms with E-state index >= 15 is 0 Å². The van der Waals surface area contributed by atoms with Crippen molar-refractivity contribution in [1.29, 1.82) is 0 Å². The molecule has 70 heavy (non-hydrogen) atoms. The fourth-order valence-corrected chi connectivity index (χ4v) is 9.92. The molecule has 9 nitrogen and oxygen atoms in total. The second kappa shape index (κ2) is 51.2. The number of allylic oxidation sites excluding steroid dienone is 3. The number of aliphatic hydroxyl groups excluding tert-OH is 5. The van der Waals surface area contributed by atoms with Crippen molar-refractivity contribution in [2.24, 2.45) is 0 Å². The molecule has 414 valence electrons. The highest BCUT2D eigenvalue weighted by Crippen LogP contribution is 2.23. The molecule has 1 aliphatic heterocycles. The Kier molecular flexibility index (Phi) is 48.7. The number of carbonyl (C=O) groups is 1. The molecule has 0 saturated carbocycles. The lowest BCUT2D eigenvalue weighted by molar-refractivity contribution is -0.302. The predicted molar refractivity (Wildman–Crippen MR) is 295 cm³/mol. The summed E-state index contributed by atoms with van der Waals surface area (Å²) >= 11 is 0. The molecule has 7 atom stereocenters. The van der Waals surface area contributed by atoms with Crippen LogP contribution in [0, 0.1) is 0 Å². The van der Waals surface area contributed by atoms with E-state index in [4.69, 9.17) is 9.47 Å². The molecule has 1 saturated heterocycles. The van der Waals surface area contributed by atoms with E-state index in [1.165, 1.54) is 244 Å². The number of hydrogen-bond acceptors (Lipinski definition) is 8. The predicted octanol–water partition coefficient (Wildman–Crippen LogP) is 15.4. The van der Waals surface area contributed by atoms with Crippen molar-refractivity contribution in [2.75, 3.05) is 13.2 Å². The van der Waals surface area contributed by atoms with Gasteiger partial charge < -0.3 is 40.3 Å². The highest BCUT2D eigenvalue weighted by molar-refractivity contribution is 5.76. The second-order valence-electron chi connectivity index (χ2n) is 21.5.